The maximum Gasteiger partial charge on any atom is 0.00299 e. The fourth-order valence-electron chi connectivity index (χ4n) is 0.144. The zero-order valence-electron chi connectivity index (χ0n) is 3.62. The van der Waals surface area contributed by atoms with E-state index < -0.39 is 0 Å². The van der Waals surface area contributed by atoms with Gasteiger partial charge >= 0.3 is 0 Å². The summed E-state index contributed by atoms with van der Waals surface area (Å²) in [5.41, 5.74) is 0. The minimum atomic E-state index is 1.06. The largest absolute Gasteiger partial charge is 0.265 e. The van der Waals surface area contributed by atoms with Crippen molar-refractivity contribution >= 4 is 11.9 Å². The van der Waals surface area contributed by atoms with E-state index in [4.69, 9.17) is 0 Å². The molecule has 0 aliphatic heterocycles. The van der Waals surface area contributed by atoms with Crippen LogP contribution in [0.2, 0.25) is 0 Å². The molecule has 0 aromatic heterocycles. The summed E-state index contributed by atoms with van der Waals surface area (Å²) >= 11 is 1.65. The molecule has 0 saturated heterocycles. The Morgan fingerprint density at radius 2 is 2.40 bits per heavy atom. The Bertz CT molecular complexity index is 14.4. The topological polar surface area (TPSA) is 12.0 Å². The van der Waals surface area contributed by atoms with Gasteiger partial charge in [-0.2, -0.15) is 0 Å². The first-order valence-corrected chi connectivity index (χ1v) is 2.90. The lowest BCUT2D eigenvalue weighted by Gasteiger charge is -1.85. The van der Waals surface area contributed by atoms with Gasteiger partial charge in [0.15, 0.2) is 0 Å². The lowest BCUT2D eigenvalue weighted by Crippen LogP contribution is -1.97. The van der Waals surface area contributed by atoms with Gasteiger partial charge in [-0.1, -0.05) is 18.9 Å². The standard InChI is InChI=1S/C3H9NS/c1-3-4-5-2/h4H,3H2,1-2H3. The van der Waals surface area contributed by atoms with Crippen LogP contribution in [0.5, 0.6) is 0 Å². The minimum absolute atomic E-state index is 1.06. The molecule has 0 aliphatic rings. The third-order valence-corrected chi connectivity index (χ3v) is 0.866. The van der Waals surface area contributed by atoms with Crippen molar-refractivity contribution in [3.63, 3.8) is 0 Å². The van der Waals surface area contributed by atoms with Crippen molar-refractivity contribution in [2.75, 3.05) is 12.8 Å². The molecule has 0 unspecified atom stereocenters. The molecule has 1 nitrogen and oxygen atoms in total. The molecule has 0 spiro atoms. The van der Waals surface area contributed by atoms with Crippen molar-refractivity contribution in [1.82, 2.24) is 4.72 Å². The average molecular weight is 91.2 g/mol. The van der Waals surface area contributed by atoms with Gasteiger partial charge in [-0.25, -0.2) is 0 Å². The van der Waals surface area contributed by atoms with Crippen molar-refractivity contribution in [3.8, 4) is 0 Å². The highest BCUT2D eigenvalue weighted by molar-refractivity contribution is 7.96. The van der Waals surface area contributed by atoms with Gasteiger partial charge in [-0.15, -0.1) is 0 Å². The van der Waals surface area contributed by atoms with Crippen LogP contribution < -0.4 is 4.72 Å². The molecule has 2 heteroatoms. The van der Waals surface area contributed by atoms with Crippen LogP contribution in [0.15, 0.2) is 0 Å². The zero-order valence-corrected chi connectivity index (χ0v) is 4.43. The summed E-state index contributed by atoms with van der Waals surface area (Å²) in [6.45, 7) is 3.14. The van der Waals surface area contributed by atoms with Crippen LogP contribution in [0.25, 0.3) is 0 Å². The van der Waals surface area contributed by atoms with Gasteiger partial charge in [-0.3, -0.25) is 4.72 Å². The van der Waals surface area contributed by atoms with E-state index in [1.54, 1.807) is 11.9 Å². The zero-order chi connectivity index (χ0) is 4.12. The van der Waals surface area contributed by atoms with Crippen LogP contribution in [0.1, 0.15) is 6.92 Å². The fraction of sp³-hybridized carbons (Fsp3) is 1.00. The summed E-state index contributed by atoms with van der Waals surface area (Å²) in [7, 11) is 0. The molecule has 1 N–H and O–H groups in total. The van der Waals surface area contributed by atoms with Gasteiger partial charge < -0.3 is 0 Å². The molecular formula is C3H9NS. The normalized spacial score (nSPS) is 8.40. The third-order valence-electron chi connectivity index (χ3n) is 0.289. The van der Waals surface area contributed by atoms with Gasteiger partial charge in [-0.05, 0) is 6.26 Å². The van der Waals surface area contributed by atoms with Gasteiger partial charge in [0.1, 0.15) is 0 Å². The quantitative estimate of drug-likeness (QED) is 0.506. The smallest absolute Gasteiger partial charge is 0.00299 e. The van der Waals surface area contributed by atoms with Crippen LogP contribution in [-0.2, 0) is 0 Å². The second kappa shape index (κ2) is 4.31. The Morgan fingerprint density at radius 3 is 2.40 bits per heavy atom. The Labute approximate surface area is 37.3 Å². The van der Waals surface area contributed by atoms with E-state index >= 15 is 0 Å². The van der Waals surface area contributed by atoms with Gasteiger partial charge in [0.2, 0.25) is 0 Å². The Hall–Kier alpha value is 0.310. The molecular weight excluding hydrogens is 82.1 g/mol. The molecule has 0 saturated carbocycles. The summed E-state index contributed by atoms with van der Waals surface area (Å²) in [6.07, 6.45) is 2.02. The van der Waals surface area contributed by atoms with E-state index in [9.17, 15) is 0 Å². The average Bonchev–Trinajstić information content (AvgIpc) is 1.41. The Balaban J connectivity index is 2.19. The molecule has 0 aliphatic carbocycles. The molecule has 0 amide bonds. The van der Waals surface area contributed by atoms with Crippen LogP contribution >= 0.6 is 11.9 Å². The highest BCUT2D eigenvalue weighted by Crippen LogP contribution is 1.75. The van der Waals surface area contributed by atoms with E-state index in [1.807, 2.05) is 6.26 Å². The number of rotatable bonds is 2. The minimum Gasteiger partial charge on any atom is -0.265 e. The second-order valence-corrected chi connectivity index (χ2v) is 1.40. The molecule has 0 atom stereocenters. The Morgan fingerprint density at radius 1 is 1.80 bits per heavy atom. The van der Waals surface area contributed by atoms with Gasteiger partial charge in [0, 0.05) is 6.54 Å². The Kier molecular flexibility index (Phi) is 4.58. The number of nitrogens with one attached hydrogen (secondary N) is 1. The monoisotopic (exact) mass is 91.0 g/mol. The van der Waals surface area contributed by atoms with Crippen LogP contribution in [0, 0.1) is 0 Å². The van der Waals surface area contributed by atoms with E-state index in [-0.39, 0.29) is 0 Å². The maximum absolute atomic E-state index is 3.03. The predicted molar refractivity (Wildman–Crippen MR) is 27.2 cm³/mol. The molecule has 32 valence electrons. The SMILES string of the molecule is CCNSC. The first-order valence-electron chi connectivity index (χ1n) is 1.67. The van der Waals surface area contributed by atoms with Gasteiger partial charge in [0.25, 0.3) is 0 Å². The first-order chi connectivity index (χ1) is 2.41. The van der Waals surface area contributed by atoms with Gasteiger partial charge in [0.05, 0.1) is 0 Å². The lowest BCUT2D eigenvalue weighted by molar-refractivity contribution is 1.04. The summed E-state index contributed by atoms with van der Waals surface area (Å²) in [6, 6.07) is 0. The van der Waals surface area contributed by atoms with Crippen LogP contribution in [0.4, 0.5) is 0 Å². The lowest BCUT2D eigenvalue weighted by atomic mass is 10.8. The highest BCUT2D eigenvalue weighted by atomic mass is 32.2. The number of hydrogen-bond acceptors (Lipinski definition) is 2. The first kappa shape index (κ1) is 5.31. The number of hydrogen-bond donors (Lipinski definition) is 1. The molecule has 0 bridgehead atoms. The summed E-state index contributed by atoms with van der Waals surface area (Å²) in [4.78, 5) is 0. The third kappa shape index (κ3) is 4.31. The maximum atomic E-state index is 3.03. The van der Waals surface area contributed by atoms with E-state index in [0.717, 1.165) is 6.54 Å². The van der Waals surface area contributed by atoms with Crippen molar-refractivity contribution in [2.24, 2.45) is 0 Å². The van der Waals surface area contributed by atoms with E-state index in [2.05, 4.69) is 11.6 Å². The molecule has 0 heterocycles. The predicted octanol–water partition coefficient (Wildman–Crippen LogP) is 0.874. The van der Waals surface area contributed by atoms with E-state index in [0.29, 0.717) is 0 Å². The molecule has 5 heavy (non-hydrogen) atoms. The summed E-state index contributed by atoms with van der Waals surface area (Å²) in [5.74, 6) is 0. The molecule has 0 radical (unpaired) electrons. The molecule has 0 aromatic rings. The summed E-state index contributed by atoms with van der Waals surface area (Å²) in [5, 5.41) is 0. The fourth-order valence-corrected chi connectivity index (χ4v) is 0.433. The van der Waals surface area contributed by atoms with Crippen molar-refractivity contribution in [1.29, 1.82) is 0 Å². The van der Waals surface area contributed by atoms with Crippen molar-refractivity contribution < 1.29 is 0 Å². The molecule has 0 rings (SSSR count). The second-order valence-electron chi connectivity index (χ2n) is 0.702. The highest BCUT2D eigenvalue weighted by Gasteiger charge is 1.63. The van der Waals surface area contributed by atoms with Crippen LogP contribution in [0.3, 0.4) is 0 Å². The van der Waals surface area contributed by atoms with Crippen molar-refractivity contribution in [2.45, 2.75) is 6.92 Å². The molecule has 0 aromatic carbocycles. The molecule has 0 fully saturated rings. The van der Waals surface area contributed by atoms with E-state index in [1.165, 1.54) is 0 Å². The van der Waals surface area contributed by atoms with Crippen molar-refractivity contribution in [3.05, 3.63) is 0 Å². The summed E-state index contributed by atoms with van der Waals surface area (Å²) < 4.78 is 3.03. The van der Waals surface area contributed by atoms with Crippen LogP contribution in [-0.4, -0.2) is 12.8 Å².